The quantitative estimate of drug-likeness (QED) is 0.264. The maximum atomic E-state index is 11.1. The van der Waals surface area contributed by atoms with E-state index in [1.54, 1.807) is 0 Å². The molecule has 14 nitrogen and oxygen atoms in total. The summed E-state index contributed by atoms with van der Waals surface area (Å²) in [7, 11) is -9.89. The van der Waals surface area contributed by atoms with Gasteiger partial charge in [0.1, 0.15) is 0 Å². The predicted octanol–water partition coefficient (Wildman–Crippen LogP) is -1.54. The number of H-pyrrole nitrogens is 1. The van der Waals surface area contributed by atoms with Crippen molar-refractivity contribution < 1.29 is 37.8 Å². The second-order valence-corrected chi connectivity index (χ2v) is 6.31. The van der Waals surface area contributed by atoms with Gasteiger partial charge in [-0.1, -0.05) is 0 Å². The van der Waals surface area contributed by atoms with Crippen LogP contribution in [0.4, 0.5) is 5.95 Å². The number of nitrogens with two attached hydrogens (primary N) is 1. The summed E-state index contributed by atoms with van der Waals surface area (Å²) in [5.74, 6) is 0.0491. The fourth-order valence-electron chi connectivity index (χ4n) is 1.12. The van der Waals surface area contributed by atoms with E-state index < -0.39 is 22.4 Å². The number of hydrogen-bond donors (Lipinski definition) is 6. The van der Waals surface area contributed by atoms with Crippen molar-refractivity contribution in [2.45, 2.75) is 0 Å². The highest BCUT2D eigenvalue weighted by molar-refractivity contribution is 7.60. The number of anilines is 1. The van der Waals surface area contributed by atoms with Crippen molar-refractivity contribution in [2.75, 3.05) is 12.5 Å². The Morgan fingerprint density at radius 1 is 1.22 bits per heavy atom. The Morgan fingerprint density at radius 3 is 2.39 bits per heavy atom. The molecule has 0 aliphatic carbocycles. The van der Waals surface area contributed by atoms with E-state index in [1.165, 1.54) is 12.4 Å². The second kappa shape index (κ2) is 7.68. The first-order valence-electron chi connectivity index (χ1n) is 5.35. The zero-order valence-electron chi connectivity index (χ0n) is 11.0. The first-order chi connectivity index (χ1) is 10.5. The van der Waals surface area contributed by atoms with Gasteiger partial charge in [0.15, 0.2) is 18.0 Å². The lowest BCUT2D eigenvalue weighted by Gasteiger charge is -2.09. The summed E-state index contributed by atoms with van der Waals surface area (Å²) in [5.41, 5.74) is 5.38. The number of nitrogens with one attached hydrogen (secondary N) is 1. The van der Waals surface area contributed by atoms with Crippen LogP contribution in [0.5, 0.6) is 0 Å². The van der Waals surface area contributed by atoms with E-state index in [1.807, 2.05) is 0 Å². The molecule has 0 aromatic carbocycles. The molecule has 2 aromatic rings. The van der Waals surface area contributed by atoms with Crippen LogP contribution in [0.2, 0.25) is 0 Å². The van der Waals surface area contributed by atoms with Crippen molar-refractivity contribution in [3.05, 3.63) is 22.7 Å². The number of aromatic nitrogens is 4. The van der Waals surface area contributed by atoms with E-state index >= 15 is 0 Å². The largest absolute Gasteiger partial charge is 0.483 e. The van der Waals surface area contributed by atoms with Gasteiger partial charge in [-0.05, 0) is 0 Å². The average molecular weight is 371 g/mol. The summed E-state index contributed by atoms with van der Waals surface area (Å²) in [6.45, 7) is -1.17. The summed E-state index contributed by atoms with van der Waals surface area (Å²) in [6.07, 6.45) is 2.88. The molecule has 0 bridgehead atoms. The molecule has 0 radical (unpaired) electrons. The predicted molar refractivity (Wildman–Crippen MR) is 73.5 cm³/mol. The van der Waals surface area contributed by atoms with Crippen molar-refractivity contribution in [3.8, 4) is 0 Å². The van der Waals surface area contributed by atoms with Crippen molar-refractivity contribution in [1.82, 2.24) is 19.9 Å². The molecule has 0 aliphatic rings. The molecule has 0 aliphatic heterocycles. The van der Waals surface area contributed by atoms with Crippen LogP contribution in [-0.2, 0) is 18.0 Å². The Labute approximate surface area is 126 Å². The minimum atomic E-state index is -5.07. The van der Waals surface area contributed by atoms with Crippen molar-refractivity contribution in [3.63, 3.8) is 0 Å². The molecule has 0 spiro atoms. The van der Waals surface area contributed by atoms with E-state index in [4.69, 9.17) is 25.5 Å². The Morgan fingerprint density at radius 2 is 1.83 bits per heavy atom. The van der Waals surface area contributed by atoms with E-state index in [2.05, 4.69) is 28.8 Å². The number of phosphoric ester groups is 1. The summed E-state index contributed by atoms with van der Waals surface area (Å²) in [4.78, 5) is 49.1. The van der Waals surface area contributed by atoms with Crippen LogP contribution in [-0.4, -0.2) is 46.5 Å². The lowest BCUT2D eigenvalue weighted by Crippen LogP contribution is -2.12. The number of nitrogen functional groups attached to an aromatic ring is 1. The summed E-state index contributed by atoms with van der Waals surface area (Å²) >= 11 is 0. The maximum Gasteiger partial charge on any atom is 0.483 e. The number of aliphatic hydroxyl groups excluding tert-OH is 1. The van der Waals surface area contributed by atoms with Gasteiger partial charge in [0, 0.05) is 12.4 Å². The Balaban J connectivity index is 0.000000232. The highest BCUT2D eigenvalue weighted by Crippen LogP contribution is 2.57. The third kappa shape index (κ3) is 6.90. The first-order valence-corrected chi connectivity index (χ1v) is 8.38. The molecule has 0 saturated heterocycles. The van der Waals surface area contributed by atoms with Crippen LogP contribution >= 0.6 is 15.6 Å². The number of hydrogen-bond acceptors (Lipinski definition) is 10. The van der Waals surface area contributed by atoms with Gasteiger partial charge in [-0.2, -0.15) is 9.29 Å². The normalized spacial score (nSPS) is 13.9. The molecule has 7 N–H and O–H groups in total. The average Bonchev–Trinajstić information content (AvgIpc) is 2.36. The third-order valence-corrected chi connectivity index (χ3v) is 3.91. The summed E-state index contributed by atoms with van der Waals surface area (Å²) < 4.78 is 27.0. The van der Waals surface area contributed by atoms with Gasteiger partial charge in [-0.15, -0.1) is 0 Å². The number of phosphoric acid groups is 2. The molecular formula is C7H11N5O9P2. The Kier molecular flexibility index (Phi) is 6.44. The van der Waals surface area contributed by atoms with E-state index in [9.17, 15) is 13.9 Å². The molecule has 0 saturated carbocycles. The molecule has 0 amide bonds. The smallest absolute Gasteiger partial charge is 0.370 e. The minimum Gasteiger partial charge on any atom is -0.370 e. The number of aromatic amines is 1. The minimum absolute atomic E-state index is 0.0491. The lowest BCUT2D eigenvalue weighted by molar-refractivity contribution is 0.0647. The van der Waals surface area contributed by atoms with Crippen LogP contribution in [0.25, 0.3) is 11.2 Å². The molecular weight excluding hydrogens is 360 g/mol. The molecule has 16 heteroatoms. The van der Waals surface area contributed by atoms with Crippen LogP contribution in [0, 0.1) is 0 Å². The molecule has 2 aromatic heterocycles. The molecule has 23 heavy (non-hydrogen) atoms. The van der Waals surface area contributed by atoms with Crippen molar-refractivity contribution >= 4 is 32.8 Å². The van der Waals surface area contributed by atoms with E-state index in [0.717, 1.165) is 0 Å². The maximum absolute atomic E-state index is 11.1. The first kappa shape index (κ1) is 19.3. The highest BCUT2D eigenvalue weighted by atomic mass is 31.3. The fraction of sp³-hybridized carbons (Fsp3) is 0.143. The Bertz CT molecular complexity index is 819. The van der Waals surface area contributed by atoms with Gasteiger partial charge in [-0.3, -0.25) is 14.3 Å². The van der Waals surface area contributed by atoms with Gasteiger partial charge in [0.2, 0.25) is 5.95 Å². The van der Waals surface area contributed by atoms with Gasteiger partial charge >= 0.3 is 15.6 Å². The number of aliphatic hydroxyl groups is 1. The van der Waals surface area contributed by atoms with Crippen LogP contribution in [0.15, 0.2) is 17.2 Å². The topological polar surface area (TPSA) is 231 Å². The highest BCUT2D eigenvalue weighted by Gasteiger charge is 2.31. The monoisotopic (exact) mass is 371 g/mol. The van der Waals surface area contributed by atoms with E-state index in [-0.39, 0.29) is 22.7 Å². The van der Waals surface area contributed by atoms with Gasteiger partial charge in [0.05, 0.1) is 0 Å². The van der Waals surface area contributed by atoms with Gasteiger partial charge in [0.25, 0.3) is 5.56 Å². The van der Waals surface area contributed by atoms with Crippen molar-refractivity contribution in [1.29, 1.82) is 0 Å². The number of fused-ring (bicyclic) bond motifs is 1. The van der Waals surface area contributed by atoms with Crippen LogP contribution in [0.1, 0.15) is 0 Å². The van der Waals surface area contributed by atoms with Crippen LogP contribution < -0.4 is 11.3 Å². The van der Waals surface area contributed by atoms with Gasteiger partial charge in [-0.25, -0.2) is 19.1 Å². The Hall–Kier alpha value is -1.76. The zero-order valence-corrected chi connectivity index (χ0v) is 12.8. The standard InChI is InChI=1S/C6H5N5O.CH6O8P2/c7-6-10-4-3(5(12)11-6)8-1-2-9-4;2-1-8-11(6,7)9-10(3,4)5/h1-2H,(H3,7,9,10,11,12);2H,1H2,(H,6,7)(H2,3,4,5). The molecule has 0 fully saturated rings. The lowest BCUT2D eigenvalue weighted by atomic mass is 10.5. The summed E-state index contributed by atoms with van der Waals surface area (Å²) in [6, 6.07) is 0. The van der Waals surface area contributed by atoms with Crippen LogP contribution in [0.3, 0.4) is 0 Å². The number of rotatable bonds is 4. The third-order valence-electron chi connectivity index (χ3n) is 1.79. The van der Waals surface area contributed by atoms with E-state index in [0.29, 0.717) is 0 Å². The molecule has 1 atom stereocenters. The zero-order chi connectivity index (χ0) is 17.7. The number of nitrogens with zero attached hydrogens (tertiary/aromatic N) is 3. The molecule has 2 rings (SSSR count). The van der Waals surface area contributed by atoms with Gasteiger partial charge < -0.3 is 25.5 Å². The molecule has 128 valence electrons. The SMILES string of the molecule is Nc1nc2nccnc2c(=O)[nH]1.O=P(O)(O)OP(=O)(O)OCO. The second-order valence-electron chi connectivity index (χ2n) is 3.48. The molecule has 1 unspecified atom stereocenters. The fourth-order valence-corrected chi connectivity index (χ4v) is 2.53. The summed E-state index contributed by atoms with van der Waals surface area (Å²) in [5, 5.41) is 7.91. The van der Waals surface area contributed by atoms with Crippen molar-refractivity contribution in [2.24, 2.45) is 0 Å². The molecule has 2 heterocycles.